The number of likely N-dealkylation sites (tertiary alicyclic amines) is 1. The highest BCUT2D eigenvalue weighted by atomic mass is 16.2. The molecule has 1 aromatic carbocycles. The summed E-state index contributed by atoms with van der Waals surface area (Å²) in [6, 6.07) is 11.1. The molecule has 2 aliphatic rings. The van der Waals surface area contributed by atoms with Gasteiger partial charge in [-0.1, -0.05) is 26.0 Å². The Kier molecular flexibility index (Phi) is 5.72. The van der Waals surface area contributed by atoms with Crippen molar-refractivity contribution >= 4 is 23.3 Å². The molecule has 158 valence electrons. The fraction of sp³-hybridized carbons (Fsp3) is 0.435. The number of nitrogens with one attached hydrogen (secondary N) is 2. The average molecular weight is 408 g/mol. The summed E-state index contributed by atoms with van der Waals surface area (Å²) in [5, 5.41) is 6.00. The van der Waals surface area contributed by atoms with Crippen LogP contribution >= 0.6 is 0 Å². The van der Waals surface area contributed by atoms with Crippen molar-refractivity contribution in [1.82, 2.24) is 15.2 Å². The molecule has 0 aliphatic carbocycles. The molecule has 2 aromatic rings. The van der Waals surface area contributed by atoms with Gasteiger partial charge in [0.05, 0.1) is 12.1 Å². The van der Waals surface area contributed by atoms with E-state index in [9.17, 15) is 9.59 Å². The molecule has 30 heavy (non-hydrogen) atoms. The van der Waals surface area contributed by atoms with Crippen molar-refractivity contribution in [1.29, 1.82) is 0 Å². The molecule has 7 heteroatoms. The Morgan fingerprint density at radius 1 is 1.17 bits per heavy atom. The minimum atomic E-state index is -0.305. The van der Waals surface area contributed by atoms with Crippen LogP contribution in [-0.2, 0) is 4.79 Å². The first-order valence-electron chi connectivity index (χ1n) is 10.5. The zero-order chi connectivity index (χ0) is 21.3. The summed E-state index contributed by atoms with van der Waals surface area (Å²) in [5.41, 5.74) is 2.26. The van der Waals surface area contributed by atoms with Crippen molar-refractivity contribution < 1.29 is 9.59 Å². The standard InChI is InChI=1S/C23H29N5O2/c1-15-11-16(2)13-28(12-15)14-20(29)25-18-8-6-17(7-9-18)21-26-23(30)19-5-4-10-24-22(19)27(21)3/h4-10,15-16,21H,11-14H2,1-3H3,(H,25,29)(H,26,30)/t15-,16+,21-/m1/s1. The highest BCUT2D eigenvalue weighted by Gasteiger charge is 2.30. The molecule has 3 heterocycles. The van der Waals surface area contributed by atoms with E-state index in [2.05, 4.69) is 34.4 Å². The van der Waals surface area contributed by atoms with Crippen LogP contribution in [0, 0.1) is 11.8 Å². The van der Waals surface area contributed by atoms with Crippen LogP contribution in [0.3, 0.4) is 0 Å². The van der Waals surface area contributed by atoms with Crippen molar-refractivity contribution in [3.63, 3.8) is 0 Å². The number of nitrogens with zero attached hydrogens (tertiary/aromatic N) is 3. The van der Waals surface area contributed by atoms with Crippen molar-refractivity contribution in [3.8, 4) is 0 Å². The van der Waals surface area contributed by atoms with Crippen molar-refractivity contribution in [2.24, 2.45) is 11.8 Å². The number of fused-ring (bicyclic) bond motifs is 1. The number of anilines is 2. The number of carbonyl (C=O) groups excluding carboxylic acids is 2. The molecule has 0 spiro atoms. The van der Waals surface area contributed by atoms with Crippen molar-refractivity contribution in [2.45, 2.75) is 26.4 Å². The normalized spacial score (nSPS) is 24.2. The number of piperidine rings is 1. The molecule has 1 saturated heterocycles. The lowest BCUT2D eigenvalue weighted by atomic mass is 9.92. The van der Waals surface area contributed by atoms with Gasteiger partial charge in [0, 0.05) is 32.0 Å². The topological polar surface area (TPSA) is 77.6 Å². The van der Waals surface area contributed by atoms with Crippen LogP contribution in [0.5, 0.6) is 0 Å². The van der Waals surface area contributed by atoms with Crippen LogP contribution in [0.25, 0.3) is 0 Å². The third-order valence-corrected chi connectivity index (χ3v) is 5.84. The molecular weight excluding hydrogens is 378 g/mol. The number of pyridine rings is 1. The predicted octanol–water partition coefficient (Wildman–Crippen LogP) is 2.88. The maximum absolute atomic E-state index is 12.5. The second-order valence-corrected chi connectivity index (χ2v) is 8.67. The van der Waals surface area contributed by atoms with Gasteiger partial charge >= 0.3 is 0 Å². The van der Waals surface area contributed by atoms with E-state index in [0.717, 1.165) is 24.3 Å². The monoisotopic (exact) mass is 407 g/mol. The maximum atomic E-state index is 12.5. The van der Waals surface area contributed by atoms with E-state index in [1.165, 1.54) is 6.42 Å². The highest BCUT2D eigenvalue weighted by Crippen LogP contribution is 2.30. The summed E-state index contributed by atoms with van der Waals surface area (Å²) in [7, 11) is 1.91. The fourth-order valence-corrected chi connectivity index (χ4v) is 4.66. The highest BCUT2D eigenvalue weighted by molar-refractivity contribution is 6.01. The Morgan fingerprint density at radius 2 is 1.87 bits per heavy atom. The number of amides is 2. The molecule has 1 fully saturated rings. The molecule has 7 nitrogen and oxygen atoms in total. The Bertz CT molecular complexity index is 919. The number of carbonyl (C=O) groups is 2. The minimum absolute atomic E-state index is 0.00487. The van der Waals surface area contributed by atoms with Crippen LogP contribution in [0.4, 0.5) is 11.5 Å². The van der Waals surface area contributed by atoms with E-state index in [-0.39, 0.29) is 18.0 Å². The fourth-order valence-electron chi connectivity index (χ4n) is 4.66. The zero-order valence-electron chi connectivity index (χ0n) is 17.8. The van der Waals surface area contributed by atoms with Gasteiger partial charge in [-0.15, -0.1) is 0 Å². The summed E-state index contributed by atoms with van der Waals surface area (Å²) >= 11 is 0. The van der Waals surface area contributed by atoms with Gasteiger partial charge in [-0.2, -0.15) is 0 Å². The summed E-state index contributed by atoms with van der Waals surface area (Å²) in [5.74, 6) is 1.79. The van der Waals surface area contributed by atoms with Crippen LogP contribution in [0.2, 0.25) is 0 Å². The van der Waals surface area contributed by atoms with Gasteiger partial charge in [0.1, 0.15) is 12.0 Å². The van der Waals surface area contributed by atoms with E-state index in [4.69, 9.17) is 0 Å². The van der Waals surface area contributed by atoms with E-state index in [0.29, 0.717) is 29.8 Å². The first-order valence-corrected chi connectivity index (χ1v) is 10.5. The Labute approximate surface area is 177 Å². The summed E-state index contributed by atoms with van der Waals surface area (Å²) in [6.45, 7) is 6.85. The summed E-state index contributed by atoms with van der Waals surface area (Å²) in [4.78, 5) is 33.4. The smallest absolute Gasteiger partial charge is 0.256 e. The van der Waals surface area contributed by atoms with Gasteiger partial charge in [-0.25, -0.2) is 4.98 Å². The van der Waals surface area contributed by atoms with Gasteiger partial charge < -0.3 is 15.5 Å². The van der Waals surface area contributed by atoms with E-state index in [1.54, 1.807) is 18.3 Å². The van der Waals surface area contributed by atoms with E-state index in [1.807, 2.05) is 36.2 Å². The zero-order valence-corrected chi connectivity index (χ0v) is 17.8. The number of hydrogen-bond acceptors (Lipinski definition) is 5. The van der Waals surface area contributed by atoms with E-state index >= 15 is 0 Å². The Hall–Kier alpha value is -2.93. The van der Waals surface area contributed by atoms with Gasteiger partial charge in [-0.05, 0) is 48.1 Å². The molecule has 0 bridgehead atoms. The number of aromatic nitrogens is 1. The molecule has 0 saturated carbocycles. The van der Waals surface area contributed by atoms with Gasteiger partial charge in [0.15, 0.2) is 0 Å². The number of hydrogen-bond donors (Lipinski definition) is 2. The van der Waals surface area contributed by atoms with Gasteiger partial charge in [-0.3, -0.25) is 14.5 Å². The summed E-state index contributed by atoms with van der Waals surface area (Å²) in [6.07, 6.45) is 2.61. The lowest BCUT2D eigenvalue weighted by Crippen LogP contribution is -2.45. The maximum Gasteiger partial charge on any atom is 0.256 e. The van der Waals surface area contributed by atoms with E-state index < -0.39 is 0 Å². The molecule has 2 aliphatic heterocycles. The van der Waals surface area contributed by atoms with Crippen molar-refractivity contribution in [2.75, 3.05) is 36.9 Å². The van der Waals surface area contributed by atoms with Crippen molar-refractivity contribution in [3.05, 3.63) is 53.7 Å². The molecule has 0 radical (unpaired) electrons. The number of benzene rings is 1. The van der Waals surface area contributed by atoms with Gasteiger partial charge in [0.2, 0.25) is 5.91 Å². The second-order valence-electron chi connectivity index (χ2n) is 8.67. The molecular formula is C23H29N5O2. The third kappa shape index (κ3) is 4.31. The lowest BCUT2D eigenvalue weighted by Gasteiger charge is -2.35. The molecule has 3 atom stereocenters. The van der Waals surface area contributed by atoms with Crippen LogP contribution < -0.4 is 15.5 Å². The van der Waals surface area contributed by atoms with Crippen LogP contribution in [0.1, 0.15) is 42.4 Å². The second kappa shape index (κ2) is 8.44. The van der Waals surface area contributed by atoms with Crippen LogP contribution in [0.15, 0.2) is 42.6 Å². The number of rotatable bonds is 4. The first kappa shape index (κ1) is 20.3. The summed E-state index contributed by atoms with van der Waals surface area (Å²) < 4.78 is 0. The lowest BCUT2D eigenvalue weighted by molar-refractivity contribution is -0.117. The quantitative estimate of drug-likeness (QED) is 0.815. The SMILES string of the molecule is C[C@@H]1C[C@H](C)CN(CC(=O)Nc2ccc([C@@H]3NC(=O)c4cccnc4N3C)cc2)C1. The Balaban J connectivity index is 1.40. The third-order valence-electron chi connectivity index (χ3n) is 5.84. The van der Waals surface area contributed by atoms with Gasteiger partial charge in [0.25, 0.3) is 5.91 Å². The predicted molar refractivity (Wildman–Crippen MR) is 117 cm³/mol. The molecule has 1 aromatic heterocycles. The molecule has 2 N–H and O–H groups in total. The Morgan fingerprint density at radius 3 is 2.57 bits per heavy atom. The first-order chi connectivity index (χ1) is 14.4. The van der Waals surface area contributed by atoms with Crippen LogP contribution in [-0.4, -0.2) is 48.4 Å². The molecule has 4 rings (SSSR count). The molecule has 2 amide bonds. The largest absolute Gasteiger partial charge is 0.335 e. The minimum Gasteiger partial charge on any atom is -0.335 e. The molecule has 0 unspecified atom stereocenters. The average Bonchev–Trinajstić information content (AvgIpc) is 2.70.